The third-order valence-electron chi connectivity index (χ3n) is 5.55. The van der Waals surface area contributed by atoms with E-state index in [1.807, 2.05) is 51.1 Å². The smallest absolute Gasteiger partial charge is 0.268 e. The fourth-order valence-electron chi connectivity index (χ4n) is 4.04. The van der Waals surface area contributed by atoms with E-state index in [-0.39, 0.29) is 10.9 Å². The van der Waals surface area contributed by atoms with Gasteiger partial charge in [-0.25, -0.2) is 12.4 Å². The predicted octanol–water partition coefficient (Wildman–Crippen LogP) is 4.18. The van der Waals surface area contributed by atoms with Crippen LogP contribution in [0.25, 0.3) is 10.9 Å². The molecule has 0 radical (unpaired) electrons. The van der Waals surface area contributed by atoms with Gasteiger partial charge in [-0.2, -0.15) is 5.26 Å². The van der Waals surface area contributed by atoms with E-state index < -0.39 is 26.1 Å². The maximum atomic E-state index is 13.7. The molecule has 8 heteroatoms. The molecule has 1 aliphatic rings. The van der Waals surface area contributed by atoms with Crippen LogP contribution >= 0.6 is 0 Å². The van der Waals surface area contributed by atoms with E-state index in [0.717, 1.165) is 29.5 Å². The molecule has 1 aliphatic carbocycles. The summed E-state index contributed by atoms with van der Waals surface area (Å²) in [5.41, 5.74) is 2.68. The zero-order valence-electron chi connectivity index (χ0n) is 17.8. The second kappa shape index (κ2) is 7.99. The number of nitrogens with zero attached hydrogens (tertiary/aromatic N) is 2. The molecule has 6 nitrogen and oxygen atoms in total. The van der Waals surface area contributed by atoms with Gasteiger partial charge in [0.2, 0.25) is 0 Å². The molecular formula is C23H25N3O3S2. The summed E-state index contributed by atoms with van der Waals surface area (Å²) in [5, 5.41) is 9.90. The number of aromatic nitrogens is 1. The second-order valence-corrected chi connectivity index (χ2v) is 12.5. The van der Waals surface area contributed by atoms with E-state index in [4.69, 9.17) is 5.26 Å². The SMILES string of the molecule is CC(C)(C)[S@@+]([O-])N[C@H]1CCCc2c1c1ccccc1n2S(=O)(=O)c1ccc(C#N)cc1. The molecule has 0 saturated heterocycles. The minimum Gasteiger partial charge on any atom is -0.598 e. The summed E-state index contributed by atoms with van der Waals surface area (Å²) in [7, 11) is -3.87. The Labute approximate surface area is 186 Å². The Balaban J connectivity index is 1.90. The first kappa shape index (κ1) is 21.9. The first-order valence-electron chi connectivity index (χ1n) is 10.2. The van der Waals surface area contributed by atoms with Gasteiger partial charge < -0.3 is 4.55 Å². The molecule has 0 spiro atoms. The van der Waals surface area contributed by atoms with Gasteiger partial charge in [0.25, 0.3) is 10.0 Å². The number of hydrogen-bond donors (Lipinski definition) is 1. The molecule has 4 rings (SSSR count). The predicted molar refractivity (Wildman–Crippen MR) is 122 cm³/mol. The largest absolute Gasteiger partial charge is 0.598 e. The molecule has 3 aromatic rings. The number of fused-ring (bicyclic) bond motifs is 3. The molecular weight excluding hydrogens is 430 g/mol. The summed E-state index contributed by atoms with van der Waals surface area (Å²) in [6.07, 6.45) is 2.21. The highest BCUT2D eigenvalue weighted by atomic mass is 32.2. The van der Waals surface area contributed by atoms with Crippen molar-refractivity contribution in [3.05, 3.63) is 65.4 Å². The van der Waals surface area contributed by atoms with Gasteiger partial charge in [-0.05, 0) is 70.4 Å². The van der Waals surface area contributed by atoms with Crippen LogP contribution in [0.3, 0.4) is 0 Å². The van der Waals surface area contributed by atoms with E-state index in [9.17, 15) is 13.0 Å². The van der Waals surface area contributed by atoms with Crippen molar-refractivity contribution in [3.63, 3.8) is 0 Å². The maximum Gasteiger partial charge on any atom is 0.268 e. The Morgan fingerprint density at radius 3 is 2.48 bits per heavy atom. The van der Waals surface area contributed by atoms with E-state index in [1.54, 1.807) is 0 Å². The van der Waals surface area contributed by atoms with Crippen LogP contribution in [0.15, 0.2) is 53.4 Å². The molecule has 1 aromatic heterocycles. The van der Waals surface area contributed by atoms with Gasteiger partial charge in [-0.3, -0.25) is 0 Å². The van der Waals surface area contributed by atoms with E-state index in [1.165, 1.54) is 28.2 Å². The third kappa shape index (κ3) is 3.87. The number of para-hydroxylation sites is 1. The van der Waals surface area contributed by atoms with Crippen molar-refractivity contribution in [1.82, 2.24) is 8.69 Å². The first-order chi connectivity index (χ1) is 14.6. The molecule has 0 bridgehead atoms. The summed E-state index contributed by atoms with van der Waals surface area (Å²) in [6, 6.07) is 15.3. The topological polar surface area (TPSA) is 97.9 Å². The van der Waals surface area contributed by atoms with E-state index in [0.29, 0.717) is 17.5 Å². The van der Waals surface area contributed by atoms with Gasteiger partial charge in [0.1, 0.15) is 4.75 Å². The second-order valence-electron chi connectivity index (χ2n) is 8.73. The molecule has 0 unspecified atom stereocenters. The summed E-state index contributed by atoms with van der Waals surface area (Å²) in [6.45, 7) is 5.75. The quantitative estimate of drug-likeness (QED) is 0.595. The lowest BCUT2D eigenvalue weighted by molar-refractivity contribution is 0.488. The minimum absolute atomic E-state index is 0.142. The van der Waals surface area contributed by atoms with Crippen LogP contribution in [0.5, 0.6) is 0 Å². The minimum atomic E-state index is -3.87. The van der Waals surface area contributed by atoms with Crippen LogP contribution in [-0.2, 0) is 27.8 Å². The number of nitriles is 1. The van der Waals surface area contributed by atoms with E-state index in [2.05, 4.69) is 4.72 Å². The Bertz CT molecular complexity index is 1270. The van der Waals surface area contributed by atoms with Gasteiger partial charge in [0.05, 0.1) is 28.1 Å². The van der Waals surface area contributed by atoms with Crippen LogP contribution in [-0.4, -0.2) is 21.7 Å². The molecule has 1 N–H and O–H groups in total. The first-order valence-corrected chi connectivity index (χ1v) is 12.8. The lowest BCUT2D eigenvalue weighted by Crippen LogP contribution is -2.42. The van der Waals surface area contributed by atoms with Crippen molar-refractivity contribution in [3.8, 4) is 6.07 Å². The number of benzene rings is 2. The number of rotatable bonds is 4. The lowest BCUT2D eigenvalue weighted by atomic mass is 9.91. The molecule has 1 heterocycles. The van der Waals surface area contributed by atoms with Crippen LogP contribution in [0.2, 0.25) is 0 Å². The van der Waals surface area contributed by atoms with E-state index >= 15 is 0 Å². The van der Waals surface area contributed by atoms with Crippen molar-refractivity contribution in [2.75, 3.05) is 0 Å². The number of nitrogens with one attached hydrogen (secondary N) is 1. The van der Waals surface area contributed by atoms with Crippen molar-refractivity contribution in [2.45, 2.75) is 55.7 Å². The summed E-state index contributed by atoms with van der Waals surface area (Å²) < 4.78 is 44.4. The summed E-state index contributed by atoms with van der Waals surface area (Å²) in [5.74, 6) is 0. The van der Waals surface area contributed by atoms with Crippen LogP contribution in [0.4, 0.5) is 0 Å². The molecule has 2 aromatic carbocycles. The van der Waals surface area contributed by atoms with Crippen molar-refractivity contribution in [2.24, 2.45) is 0 Å². The number of hydrogen-bond acceptors (Lipinski definition) is 5. The summed E-state index contributed by atoms with van der Waals surface area (Å²) >= 11 is -1.28. The molecule has 0 saturated carbocycles. The Kier molecular flexibility index (Phi) is 5.64. The molecule has 0 fully saturated rings. The summed E-state index contributed by atoms with van der Waals surface area (Å²) in [4.78, 5) is 0.142. The molecule has 162 valence electrons. The molecule has 2 atom stereocenters. The van der Waals surface area contributed by atoms with Crippen molar-refractivity contribution in [1.29, 1.82) is 5.26 Å². The average Bonchev–Trinajstić information content (AvgIpc) is 3.09. The van der Waals surface area contributed by atoms with Gasteiger partial charge >= 0.3 is 0 Å². The molecule has 0 aliphatic heterocycles. The fraction of sp³-hybridized carbons (Fsp3) is 0.348. The Hall–Kier alpha value is -2.31. The normalized spacial score (nSPS) is 17.8. The monoisotopic (exact) mass is 455 g/mol. The third-order valence-corrected chi connectivity index (χ3v) is 8.93. The zero-order valence-corrected chi connectivity index (χ0v) is 19.4. The average molecular weight is 456 g/mol. The Morgan fingerprint density at radius 1 is 1.16 bits per heavy atom. The lowest BCUT2D eigenvalue weighted by Gasteiger charge is -2.30. The molecule has 0 amide bonds. The van der Waals surface area contributed by atoms with Gasteiger partial charge in [0.15, 0.2) is 0 Å². The zero-order chi connectivity index (χ0) is 22.4. The molecule has 31 heavy (non-hydrogen) atoms. The van der Waals surface area contributed by atoms with Crippen molar-refractivity contribution >= 4 is 32.3 Å². The van der Waals surface area contributed by atoms with Gasteiger partial charge in [-0.15, -0.1) is 4.72 Å². The fourth-order valence-corrected chi connectivity index (χ4v) is 6.47. The highest BCUT2D eigenvalue weighted by molar-refractivity contribution is 7.91. The highest BCUT2D eigenvalue weighted by Crippen LogP contribution is 2.40. The standard InChI is InChI=1S/C23H25N3O3S2/c1-23(2,3)30(27)25-19-8-6-10-21-22(19)18-7-4-5-9-20(18)26(21)31(28,29)17-13-11-16(15-24)12-14-17/h4-5,7,9,11-14,19,25H,6,8,10H2,1-3H3/t19-,30+/m0/s1. The van der Waals surface area contributed by atoms with Gasteiger partial charge in [-0.1, -0.05) is 18.2 Å². The highest BCUT2D eigenvalue weighted by Gasteiger charge is 2.36. The maximum absolute atomic E-state index is 13.7. The van der Waals surface area contributed by atoms with Gasteiger partial charge in [0, 0.05) is 28.0 Å². The van der Waals surface area contributed by atoms with Crippen molar-refractivity contribution < 1.29 is 13.0 Å². The van der Waals surface area contributed by atoms with Crippen LogP contribution < -0.4 is 4.72 Å². The van der Waals surface area contributed by atoms with Crippen LogP contribution in [0.1, 0.15) is 56.5 Å². The van der Waals surface area contributed by atoms with Crippen LogP contribution in [0, 0.1) is 11.3 Å². The Morgan fingerprint density at radius 2 is 1.84 bits per heavy atom.